The molecule has 24 heavy (non-hydrogen) atoms. The van der Waals surface area contributed by atoms with E-state index >= 15 is 0 Å². The van der Waals surface area contributed by atoms with Gasteiger partial charge < -0.3 is 0 Å². The highest BCUT2D eigenvalue weighted by molar-refractivity contribution is 7.09. The van der Waals surface area contributed by atoms with E-state index in [9.17, 15) is 10.1 Å². The Hall–Kier alpha value is -2.78. The molecular weight excluding hydrogens is 320 g/mol. The third kappa shape index (κ3) is 3.26. The third-order valence-corrected chi connectivity index (χ3v) is 4.76. The maximum absolute atomic E-state index is 12.3. The number of nitrogens with zero attached hydrogens (tertiary/aromatic N) is 4. The number of aryl methyl sites for hydroxylation is 1. The van der Waals surface area contributed by atoms with E-state index in [0.717, 1.165) is 17.1 Å². The number of benzene rings is 1. The van der Waals surface area contributed by atoms with Crippen molar-refractivity contribution < 1.29 is 0 Å². The average molecular weight is 336 g/mol. The standard InChI is InChI=1S/C18H16N4OS/c1-12-13(2)21-22(18(23)16(12)9-19)10-15-11-24-17(20-15)8-14-6-4-3-5-7-14/h3-7,11H,8,10H2,1-2H3. The van der Waals surface area contributed by atoms with Crippen LogP contribution in [0.15, 0.2) is 40.5 Å². The number of aromatic nitrogens is 3. The lowest BCUT2D eigenvalue weighted by atomic mass is 10.1. The molecule has 1 aromatic carbocycles. The summed E-state index contributed by atoms with van der Waals surface area (Å²) in [5, 5.41) is 16.4. The Balaban J connectivity index is 1.84. The van der Waals surface area contributed by atoms with Crippen LogP contribution >= 0.6 is 11.3 Å². The molecule has 0 aliphatic heterocycles. The highest BCUT2D eigenvalue weighted by atomic mass is 32.1. The van der Waals surface area contributed by atoms with Gasteiger partial charge in [0.15, 0.2) is 0 Å². The van der Waals surface area contributed by atoms with E-state index in [4.69, 9.17) is 0 Å². The van der Waals surface area contributed by atoms with Gasteiger partial charge in [-0.15, -0.1) is 11.3 Å². The average Bonchev–Trinajstić information content (AvgIpc) is 3.01. The Morgan fingerprint density at radius 3 is 2.71 bits per heavy atom. The SMILES string of the molecule is Cc1nn(Cc2csc(Cc3ccccc3)n2)c(=O)c(C#N)c1C. The molecule has 0 unspecified atom stereocenters. The van der Waals surface area contributed by atoms with Crippen LogP contribution in [-0.2, 0) is 13.0 Å². The quantitative estimate of drug-likeness (QED) is 0.734. The van der Waals surface area contributed by atoms with Crippen LogP contribution in [0.4, 0.5) is 0 Å². The lowest BCUT2D eigenvalue weighted by Crippen LogP contribution is -2.28. The van der Waals surface area contributed by atoms with Crippen molar-refractivity contribution in [2.45, 2.75) is 26.8 Å². The van der Waals surface area contributed by atoms with Crippen LogP contribution in [-0.4, -0.2) is 14.8 Å². The molecule has 3 aromatic rings. The van der Waals surface area contributed by atoms with Crippen LogP contribution in [0.25, 0.3) is 0 Å². The van der Waals surface area contributed by atoms with Gasteiger partial charge in [-0.1, -0.05) is 30.3 Å². The van der Waals surface area contributed by atoms with Crippen molar-refractivity contribution in [2.75, 3.05) is 0 Å². The molecule has 0 bridgehead atoms. The van der Waals surface area contributed by atoms with Gasteiger partial charge in [0.05, 0.1) is 22.9 Å². The predicted octanol–water partition coefficient (Wildman–Crippen LogP) is 2.83. The smallest absolute Gasteiger partial charge is 0.266 e. The van der Waals surface area contributed by atoms with Crippen molar-refractivity contribution in [2.24, 2.45) is 0 Å². The van der Waals surface area contributed by atoms with Crippen molar-refractivity contribution >= 4 is 11.3 Å². The molecule has 6 heteroatoms. The number of hydrogen-bond acceptors (Lipinski definition) is 5. The van der Waals surface area contributed by atoms with Gasteiger partial charge >= 0.3 is 0 Å². The van der Waals surface area contributed by atoms with E-state index in [1.807, 2.05) is 29.6 Å². The summed E-state index contributed by atoms with van der Waals surface area (Å²) in [5.41, 5.74) is 3.10. The molecule has 0 N–H and O–H groups in total. The van der Waals surface area contributed by atoms with E-state index in [0.29, 0.717) is 11.3 Å². The van der Waals surface area contributed by atoms with Gasteiger partial charge in [-0.05, 0) is 25.0 Å². The van der Waals surface area contributed by atoms with Gasteiger partial charge in [-0.25, -0.2) is 9.67 Å². The normalized spacial score (nSPS) is 10.5. The topological polar surface area (TPSA) is 71.6 Å². The fourth-order valence-electron chi connectivity index (χ4n) is 2.44. The summed E-state index contributed by atoms with van der Waals surface area (Å²) in [5.74, 6) is 0. The Morgan fingerprint density at radius 2 is 2.00 bits per heavy atom. The Morgan fingerprint density at radius 1 is 1.25 bits per heavy atom. The van der Waals surface area contributed by atoms with Crippen LogP contribution in [0, 0.1) is 25.2 Å². The second-order valence-corrected chi connectivity index (χ2v) is 6.50. The summed E-state index contributed by atoms with van der Waals surface area (Å²) in [7, 11) is 0. The van der Waals surface area contributed by atoms with E-state index < -0.39 is 0 Å². The molecule has 3 rings (SSSR count). The van der Waals surface area contributed by atoms with Gasteiger partial charge in [0.25, 0.3) is 5.56 Å². The van der Waals surface area contributed by atoms with Crippen molar-refractivity contribution in [1.82, 2.24) is 14.8 Å². The van der Waals surface area contributed by atoms with E-state index in [2.05, 4.69) is 22.2 Å². The zero-order chi connectivity index (χ0) is 17.1. The monoisotopic (exact) mass is 336 g/mol. The fourth-order valence-corrected chi connectivity index (χ4v) is 3.26. The lowest BCUT2D eigenvalue weighted by molar-refractivity contribution is 0.614. The van der Waals surface area contributed by atoms with Crippen LogP contribution in [0.3, 0.4) is 0 Å². The maximum atomic E-state index is 12.3. The zero-order valence-electron chi connectivity index (χ0n) is 13.5. The molecule has 0 aliphatic carbocycles. The minimum Gasteiger partial charge on any atom is -0.266 e. The van der Waals surface area contributed by atoms with Crippen molar-refractivity contribution in [1.29, 1.82) is 5.26 Å². The number of rotatable bonds is 4. The minimum absolute atomic E-state index is 0.155. The number of hydrogen-bond donors (Lipinski definition) is 0. The second-order valence-electron chi connectivity index (χ2n) is 5.55. The Kier molecular flexibility index (Phi) is 4.54. The zero-order valence-corrected chi connectivity index (χ0v) is 14.3. The molecule has 0 amide bonds. The Bertz CT molecular complexity index is 967. The van der Waals surface area contributed by atoms with Crippen molar-refractivity contribution in [3.63, 3.8) is 0 Å². The molecule has 0 fully saturated rings. The van der Waals surface area contributed by atoms with Crippen LogP contribution < -0.4 is 5.56 Å². The Labute approximate surface area is 143 Å². The summed E-state index contributed by atoms with van der Waals surface area (Å²) in [4.78, 5) is 16.9. The first-order valence-corrected chi connectivity index (χ1v) is 8.42. The summed E-state index contributed by atoms with van der Waals surface area (Å²) in [6, 6.07) is 12.1. The summed E-state index contributed by atoms with van der Waals surface area (Å²) >= 11 is 1.57. The largest absolute Gasteiger partial charge is 0.285 e. The molecule has 0 atom stereocenters. The van der Waals surface area contributed by atoms with E-state index in [-0.39, 0.29) is 17.7 Å². The van der Waals surface area contributed by atoms with E-state index in [1.165, 1.54) is 10.2 Å². The molecule has 0 spiro atoms. The first kappa shape index (κ1) is 16.1. The van der Waals surface area contributed by atoms with Crippen LogP contribution in [0.2, 0.25) is 0 Å². The lowest BCUT2D eigenvalue weighted by Gasteiger charge is -2.07. The maximum Gasteiger partial charge on any atom is 0.285 e. The van der Waals surface area contributed by atoms with Crippen molar-refractivity contribution in [3.8, 4) is 6.07 Å². The third-order valence-electron chi connectivity index (χ3n) is 3.86. The fraction of sp³-hybridized carbons (Fsp3) is 0.222. The molecule has 120 valence electrons. The van der Waals surface area contributed by atoms with Crippen LogP contribution in [0.5, 0.6) is 0 Å². The second kappa shape index (κ2) is 6.77. The first-order chi connectivity index (χ1) is 11.6. The molecule has 5 nitrogen and oxygen atoms in total. The first-order valence-electron chi connectivity index (χ1n) is 7.54. The van der Waals surface area contributed by atoms with Gasteiger partial charge in [0.2, 0.25) is 0 Å². The van der Waals surface area contributed by atoms with Gasteiger partial charge in [0.1, 0.15) is 11.6 Å². The van der Waals surface area contributed by atoms with Crippen LogP contribution in [0.1, 0.15) is 33.1 Å². The van der Waals surface area contributed by atoms with Gasteiger partial charge in [-0.3, -0.25) is 4.79 Å². The molecule has 0 saturated carbocycles. The molecular formula is C18H16N4OS. The summed E-state index contributed by atoms with van der Waals surface area (Å²) in [6.07, 6.45) is 0.768. The summed E-state index contributed by atoms with van der Waals surface area (Å²) < 4.78 is 1.32. The molecule has 0 saturated heterocycles. The van der Waals surface area contributed by atoms with E-state index in [1.54, 1.807) is 25.2 Å². The molecule has 0 radical (unpaired) electrons. The van der Waals surface area contributed by atoms with Gasteiger partial charge in [0, 0.05) is 11.8 Å². The number of nitriles is 1. The van der Waals surface area contributed by atoms with Crippen molar-refractivity contribution in [3.05, 3.63) is 79.2 Å². The highest BCUT2D eigenvalue weighted by Gasteiger charge is 2.13. The van der Waals surface area contributed by atoms with Gasteiger partial charge in [-0.2, -0.15) is 10.4 Å². The number of thiazole rings is 1. The molecule has 0 aliphatic rings. The highest BCUT2D eigenvalue weighted by Crippen LogP contribution is 2.15. The minimum atomic E-state index is -0.363. The molecule has 2 aromatic heterocycles. The predicted molar refractivity (Wildman–Crippen MR) is 93.2 cm³/mol. The molecule has 2 heterocycles. The summed E-state index contributed by atoms with van der Waals surface area (Å²) in [6.45, 7) is 3.82.